The summed E-state index contributed by atoms with van der Waals surface area (Å²) in [4.78, 5) is 34.2. The number of hydrogen-bond donors (Lipinski definition) is 2. The minimum absolute atomic E-state index is 0.00165. The average molecular weight is 353 g/mol. The van der Waals surface area contributed by atoms with Gasteiger partial charge >= 0.3 is 5.97 Å². The minimum Gasteiger partial charge on any atom is -0.466 e. The maximum absolute atomic E-state index is 12.0. The highest BCUT2D eigenvalue weighted by Crippen LogP contribution is 2.18. The molecule has 0 aliphatic carbocycles. The number of nitrogen functional groups attached to an aromatic ring is 1. The Bertz CT molecular complexity index is 730. The highest BCUT2D eigenvalue weighted by molar-refractivity contribution is 9.10. The van der Waals surface area contributed by atoms with Gasteiger partial charge in [0, 0.05) is 22.4 Å². The molecule has 2 aromatic heterocycles. The van der Waals surface area contributed by atoms with Crippen molar-refractivity contribution >= 4 is 27.7 Å². The number of anilines is 1. The molecule has 0 atom stereocenters. The SMILES string of the molecule is CCOC(=O)Cc1c(N)nc(-c2cncc(Br)c2)[nH]c1=O. The molecule has 2 aromatic rings. The van der Waals surface area contributed by atoms with Gasteiger partial charge in [0.15, 0.2) is 0 Å². The minimum atomic E-state index is -0.520. The number of rotatable bonds is 4. The molecule has 0 radical (unpaired) electrons. The highest BCUT2D eigenvalue weighted by Gasteiger charge is 2.15. The van der Waals surface area contributed by atoms with Crippen LogP contribution >= 0.6 is 15.9 Å². The zero-order valence-electron chi connectivity index (χ0n) is 11.2. The fourth-order valence-electron chi connectivity index (χ4n) is 1.72. The third-order valence-corrected chi connectivity index (χ3v) is 3.09. The maximum Gasteiger partial charge on any atom is 0.310 e. The van der Waals surface area contributed by atoms with Gasteiger partial charge in [0.2, 0.25) is 0 Å². The molecule has 110 valence electrons. The topological polar surface area (TPSA) is 111 Å². The molecule has 0 aliphatic rings. The van der Waals surface area contributed by atoms with E-state index in [0.717, 1.165) is 4.47 Å². The van der Waals surface area contributed by atoms with E-state index in [2.05, 4.69) is 30.9 Å². The van der Waals surface area contributed by atoms with E-state index in [1.54, 1.807) is 25.4 Å². The number of hydrogen-bond acceptors (Lipinski definition) is 6. The van der Waals surface area contributed by atoms with Crippen molar-refractivity contribution in [3.05, 3.63) is 38.9 Å². The zero-order valence-corrected chi connectivity index (χ0v) is 12.8. The van der Waals surface area contributed by atoms with Gasteiger partial charge in [-0.15, -0.1) is 0 Å². The lowest BCUT2D eigenvalue weighted by Crippen LogP contribution is -2.22. The summed E-state index contributed by atoms with van der Waals surface area (Å²) in [6.45, 7) is 1.93. The summed E-state index contributed by atoms with van der Waals surface area (Å²) in [6.07, 6.45) is 2.95. The van der Waals surface area contributed by atoms with Crippen LogP contribution in [-0.2, 0) is 16.0 Å². The van der Waals surface area contributed by atoms with Gasteiger partial charge in [0.1, 0.15) is 11.6 Å². The van der Waals surface area contributed by atoms with Crippen molar-refractivity contribution in [1.82, 2.24) is 15.0 Å². The van der Waals surface area contributed by atoms with E-state index in [1.807, 2.05) is 0 Å². The summed E-state index contributed by atoms with van der Waals surface area (Å²) in [7, 11) is 0. The van der Waals surface area contributed by atoms with Gasteiger partial charge in [-0.1, -0.05) is 0 Å². The van der Waals surface area contributed by atoms with E-state index in [4.69, 9.17) is 10.5 Å². The van der Waals surface area contributed by atoms with Crippen LogP contribution in [0.3, 0.4) is 0 Å². The Balaban J connectivity index is 2.37. The molecular weight excluding hydrogens is 340 g/mol. The van der Waals surface area contributed by atoms with Crippen molar-refractivity contribution in [3.8, 4) is 11.4 Å². The second-order valence-corrected chi connectivity index (χ2v) is 5.07. The van der Waals surface area contributed by atoms with E-state index in [0.29, 0.717) is 11.4 Å². The number of ether oxygens (including phenoxy) is 1. The Hall–Kier alpha value is -2.22. The van der Waals surface area contributed by atoms with Gasteiger partial charge in [-0.3, -0.25) is 14.6 Å². The Labute approximate surface area is 128 Å². The summed E-state index contributed by atoms with van der Waals surface area (Å²) < 4.78 is 5.54. The quantitative estimate of drug-likeness (QED) is 0.801. The van der Waals surface area contributed by atoms with E-state index in [9.17, 15) is 9.59 Å². The molecule has 0 unspecified atom stereocenters. The molecule has 0 fully saturated rings. The molecule has 3 N–H and O–H groups in total. The van der Waals surface area contributed by atoms with Crippen LogP contribution in [0.25, 0.3) is 11.4 Å². The number of aromatic amines is 1. The molecule has 8 heteroatoms. The normalized spacial score (nSPS) is 10.4. The third kappa shape index (κ3) is 3.66. The van der Waals surface area contributed by atoms with Crippen LogP contribution in [0.4, 0.5) is 5.82 Å². The number of carbonyl (C=O) groups excluding carboxylic acids is 1. The smallest absolute Gasteiger partial charge is 0.310 e. The van der Waals surface area contributed by atoms with Gasteiger partial charge in [-0.25, -0.2) is 4.98 Å². The van der Waals surface area contributed by atoms with Crippen LogP contribution in [-0.4, -0.2) is 27.5 Å². The Kier molecular flexibility index (Phi) is 4.69. The second-order valence-electron chi connectivity index (χ2n) is 4.15. The monoisotopic (exact) mass is 352 g/mol. The second kappa shape index (κ2) is 6.49. The molecule has 21 heavy (non-hydrogen) atoms. The van der Waals surface area contributed by atoms with Crippen LogP contribution in [0.2, 0.25) is 0 Å². The van der Waals surface area contributed by atoms with Crippen molar-refractivity contribution in [2.75, 3.05) is 12.3 Å². The third-order valence-electron chi connectivity index (χ3n) is 2.65. The first-order chi connectivity index (χ1) is 10.0. The number of pyridine rings is 1. The van der Waals surface area contributed by atoms with Gasteiger partial charge in [0.05, 0.1) is 18.6 Å². The first-order valence-corrected chi connectivity index (χ1v) is 6.95. The Morgan fingerprint density at radius 3 is 2.86 bits per heavy atom. The molecule has 2 heterocycles. The molecule has 0 aromatic carbocycles. The summed E-state index contributed by atoms with van der Waals surface area (Å²) in [5.41, 5.74) is 6.01. The van der Waals surface area contributed by atoms with E-state index in [1.165, 1.54) is 0 Å². The van der Waals surface area contributed by atoms with Gasteiger partial charge < -0.3 is 15.5 Å². The predicted molar refractivity (Wildman–Crippen MR) is 80.5 cm³/mol. The molecular formula is C13H13BrN4O3. The van der Waals surface area contributed by atoms with Crippen molar-refractivity contribution in [2.45, 2.75) is 13.3 Å². The lowest BCUT2D eigenvalue weighted by Gasteiger charge is -2.07. The molecule has 7 nitrogen and oxygen atoms in total. The number of H-pyrrole nitrogens is 1. The molecule has 0 aliphatic heterocycles. The number of nitrogens with two attached hydrogens (primary N) is 1. The van der Waals surface area contributed by atoms with Crippen LogP contribution in [0.1, 0.15) is 12.5 Å². The van der Waals surface area contributed by atoms with Crippen molar-refractivity contribution in [1.29, 1.82) is 0 Å². The van der Waals surface area contributed by atoms with E-state index >= 15 is 0 Å². The molecule has 0 amide bonds. The fourth-order valence-corrected chi connectivity index (χ4v) is 2.09. The zero-order chi connectivity index (χ0) is 15.4. The number of esters is 1. The lowest BCUT2D eigenvalue weighted by molar-refractivity contribution is -0.142. The molecule has 0 saturated carbocycles. The summed E-state index contributed by atoms with van der Waals surface area (Å²) in [5.74, 6) is -0.228. The number of halogens is 1. The van der Waals surface area contributed by atoms with E-state index < -0.39 is 11.5 Å². The standard InChI is InChI=1S/C13H13BrN4O3/c1-2-21-10(19)4-9-11(15)17-12(18-13(9)20)7-3-8(14)6-16-5-7/h3,5-6H,2,4H2,1H3,(H3,15,17,18,20). The number of nitrogens with one attached hydrogen (secondary N) is 1. The molecule has 0 spiro atoms. The largest absolute Gasteiger partial charge is 0.466 e. The number of carbonyl (C=O) groups is 1. The average Bonchev–Trinajstić information content (AvgIpc) is 2.43. The van der Waals surface area contributed by atoms with Crippen molar-refractivity contribution in [2.24, 2.45) is 0 Å². The summed E-state index contributed by atoms with van der Waals surface area (Å²) in [6, 6.07) is 1.75. The first kappa shape index (κ1) is 15.2. The van der Waals surface area contributed by atoms with Gasteiger partial charge in [-0.2, -0.15) is 0 Å². The van der Waals surface area contributed by atoms with Crippen LogP contribution < -0.4 is 11.3 Å². The van der Waals surface area contributed by atoms with E-state index in [-0.39, 0.29) is 24.4 Å². The number of nitrogens with zero attached hydrogens (tertiary/aromatic N) is 2. The molecule has 0 bridgehead atoms. The Morgan fingerprint density at radius 1 is 1.48 bits per heavy atom. The predicted octanol–water partition coefficient (Wildman–Crippen LogP) is 1.28. The highest BCUT2D eigenvalue weighted by atomic mass is 79.9. The van der Waals surface area contributed by atoms with Crippen LogP contribution in [0, 0.1) is 0 Å². The Morgan fingerprint density at radius 2 is 2.24 bits per heavy atom. The van der Waals surface area contributed by atoms with Crippen LogP contribution in [0.5, 0.6) is 0 Å². The summed E-state index contributed by atoms with van der Waals surface area (Å²) in [5, 5.41) is 0. The van der Waals surface area contributed by atoms with Crippen LogP contribution in [0.15, 0.2) is 27.7 Å². The van der Waals surface area contributed by atoms with Gasteiger partial charge in [0.25, 0.3) is 5.56 Å². The maximum atomic E-state index is 12.0. The fraction of sp³-hybridized carbons (Fsp3) is 0.231. The summed E-state index contributed by atoms with van der Waals surface area (Å²) >= 11 is 3.29. The molecule has 0 saturated heterocycles. The number of aromatic nitrogens is 3. The van der Waals surface area contributed by atoms with Crippen molar-refractivity contribution in [3.63, 3.8) is 0 Å². The molecule has 2 rings (SSSR count). The van der Waals surface area contributed by atoms with Crippen molar-refractivity contribution < 1.29 is 9.53 Å². The van der Waals surface area contributed by atoms with Gasteiger partial charge in [-0.05, 0) is 28.9 Å². The first-order valence-electron chi connectivity index (χ1n) is 6.16. The lowest BCUT2D eigenvalue weighted by atomic mass is 10.2.